The van der Waals surface area contributed by atoms with Crippen LogP contribution in [-0.2, 0) is 0 Å². The van der Waals surface area contributed by atoms with E-state index in [-0.39, 0.29) is 24.8 Å². The molecule has 0 bridgehead atoms. The Hall–Kier alpha value is -0.280. The van der Waals surface area contributed by atoms with Gasteiger partial charge >= 0.3 is 0 Å². The number of piperazine rings is 1. The molecule has 0 radical (unpaired) electrons. The summed E-state index contributed by atoms with van der Waals surface area (Å²) in [5.74, 6) is 0.692. The Morgan fingerprint density at radius 3 is 1.67 bits per heavy atom. The maximum absolute atomic E-state index is 3.50. The summed E-state index contributed by atoms with van der Waals surface area (Å²) in [5, 5.41) is 3.50. The molecule has 1 heterocycles. The van der Waals surface area contributed by atoms with Crippen molar-refractivity contribution in [1.29, 1.82) is 0 Å². The van der Waals surface area contributed by atoms with Crippen molar-refractivity contribution in [3.63, 3.8) is 0 Å². The molecule has 2 nitrogen and oxygen atoms in total. The van der Waals surface area contributed by atoms with Gasteiger partial charge in [0.05, 0.1) is 0 Å². The van der Waals surface area contributed by atoms with Gasteiger partial charge in [0.1, 0.15) is 0 Å². The van der Waals surface area contributed by atoms with Crippen LogP contribution in [-0.4, -0.2) is 31.1 Å². The van der Waals surface area contributed by atoms with Crippen LogP contribution in [0.25, 0.3) is 0 Å². The van der Waals surface area contributed by atoms with Gasteiger partial charge in [-0.3, -0.25) is 4.90 Å². The summed E-state index contributed by atoms with van der Waals surface area (Å²) >= 11 is 0. The monoisotopic (exact) mass is 374 g/mol. The lowest BCUT2D eigenvalue weighted by Gasteiger charge is -2.40. The second-order valence-electron chi connectivity index (χ2n) is 7.16. The van der Waals surface area contributed by atoms with E-state index in [0.29, 0.717) is 12.0 Å². The maximum Gasteiger partial charge on any atom is 0.0380 e. The van der Waals surface area contributed by atoms with Crippen LogP contribution in [0.4, 0.5) is 0 Å². The number of rotatable bonds is 4. The highest BCUT2D eigenvalue weighted by molar-refractivity contribution is 5.85. The molecule has 2 rings (SSSR count). The topological polar surface area (TPSA) is 15.3 Å². The van der Waals surface area contributed by atoms with Crippen LogP contribution in [0.5, 0.6) is 0 Å². The van der Waals surface area contributed by atoms with Crippen molar-refractivity contribution < 1.29 is 0 Å². The van der Waals surface area contributed by atoms with Gasteiger partial charge in [0.2, 0.25) is 0 Å². The summed E-state index contributed by atoms with van der Waals surface area (Å²) in [7, 11) is 0. The Kier molecular flexibility index (Phi) is 9.89. The lowest BCUT2D eigenvalue weighted by molar-refractivity contribution is 0.127. The van der Waals surface area contributed by atoms with Gasteiger partial charge in [-0.2, -0.15) is 0 Å². The summed E-state index contributed by atoms with van der Waals surface area (Å²) in [4.78, 5) is 2.72. The Labute approximate surface area is 161 Å². The van der Waals surface area contributed by atoms with Crippen LogP contribution in [0.1, 0.15) is 59.7 Å². The van der Waals surface area contributed by atoms with Crippen LogP contribution >= 0.6 is 24.8 Å². The van der Waals surface area contributed by atoms with Gasteiger partial charge in [-0.05, 0) is 73.9 Å². The molecule has 0 spiro atoms. The SMILES string of the molecule is CCC(C)[C@H](c1c(C)c(C)c(C)c(C)c1C)N1CCNCC1.Cl.Cl. The average molecular weight is 375 g/mol. The Bertz CT molecular complexity index is 508. The minimum atomic E-state index is 0. The lowest BCUT2D eigenvalue weighted by Crippen LogP contribution is -2.47. The molecule has 2 atom stereocenters. The van der Waals surface area contributed by atoms with Crippen molar-refractivity contribution >= 4 is 24.8 Å². The maximum atomic E-state index is 3.50. The zero-order chi connectivity index (χ0) is 16.4. The highest BCUT2D eigenvalue weighted by Crippen LogP contribution is 2.38. The average Bonchev–Trinajstić information content (AvgIpc) is 2.55. The Morgan fingerprint density at radius 2 is 1.25 bits per heavy atom. The van der Waals surface area contributed by atoms with Gasteiger partial charge in [-0.15, -0.1) is 24.8 Å². The minimum absolute atomic E-state index is 0. The number of hydrogen-bond donors (Lipinski definition) is 1. The fourth-order valence-corrected chi connectivity index (χ4v) is 3.98. The molecule has 1 saturated heterocycles. The molecule has 24 heavy (non-hydrogen) atoms. The van der Waals surface area contributed by atoms with E-state index in [1.165, 1.54) is 47.3 Å². The molecule has 4 heteroatoms. The first-order valence-corrected chi connectivity index (χ1v) is 8.91. The number of nitrogens with one attached hydrogen (secondary N) is 1. The molecule has 1 aliphatic heterocycles. The van der Waals surface area contributed by atoms with Crippen molar-refractivity contribution in [2.45, 2.75) is 60.9 Å². The van der Waals surface area contributed by atoms with Gasteiger partial charge in [0, 0.05) is 32.2 Å². The van der Waals surface area contributed by atoms with Gasteiger partial charge < -0.3 is 5.32 Å². The molecular formula is C20H36Cl2N2. The van der Waals surface area contributed by atoms with Gasteiger partial charge in [0.25, 0.3) is 0 Å². The van der Waals surface area contributed by atoms with Crippen molar-refractivity contribution in [2.24, 2.45) is 5.92 Å². The summed E-state index contributed by atoms with van der Waals surface area (Å²) in [6.07, 6.45) is 1.24. The molecule has 1 aromatic carbocycles. The normalized spacial score (nSPS) is 17.6. The van der Waals surface area contributed by atoms with E-state index in [1.807, 2.05) is 0 Å². The molecule has 0 amide bonds. The molecular weight excluding hydrogens is 339 g/mol. The predicted octanol–water partition coefficient (Wildman–Crippen LogP) is 5.06. The van der Waals surface area contributed by atoms with Gasteiger partial charge in [0.15, 0.2) is 0 Å². The molecule has 1 unspecified atom stereocenters. The summed E-state index contributed by atoms with van der Waals surface area (Å²) < 4.78 is 0. The van der Waals surface area contributed by atoms with Crippen molar-refractivity contribution in [2.75, 3.05) is 26.2 Å². The Balaban J connectivity index is 0.00000264. The Morgan fingerprint density at radius 1 is 0.833 bits per heavy atom. The van der Waals surface area contributed by atoms with Crippen molar-refractivity contribution in [1.82, 2.24) is 10.2 Å². The van der Waals surface area contributed by atoms with E-state index in [4.69, 9.17) is 0 Å². The summed E-state index contributed by atoms with van der Waals surface area (Å²) in [5.41, 5.74) is 9.09. The predicted molar refractivity (Wildman–Crippen MR) is 111 cm³/mol. The number of benzene rings is 1. The fourth-order valence-electron chi connectivity index (χ4n) is 3.98. The third-order valence-electron chi connectivity index (χ3n) is 6.08. The fraction of sp³-hybridized carbons (Fsp3) is 0.700. The van der Waals surface area contributed by atoms with Gasteiger partial charge in [-0.1, -0.05) is 20.3 Å². The third-order valence-corrected chi connectivity index (χ3v) is 6.08. The van der Waals surface area contributed by atoms with Gasteiger partial charge in [-0.25, -0.2) is 0 Å². The quantitative estimate of drug-likeness (QED) is 0.791. The first-order valence-electron chi connectivity index (χ1n) is 8.91. The zero-order valence-corrected chi connectivity index (χ0v) is 18.1. The van der Waals surface area contributed by atoms with E-state index in [0.717, 1.165) is 13.1 Å². The minimum Gasteiger partial charge on any atom is -0.314 e. The van der Waals surface area contributed by atoms with Crippen LogP contribution in [0.3, 0.4) is 0 Å². The first-order chi connectivity index (χ1) is 10.4. The van der Waals surface area contributed by atoms with Crippen molar-refractivity contribution in [3.05, 3.63) is 33.4 Å². The highest BCUT2D eigenvalue weighted by atomic mass is 35.5. The van der Waals surface area contributed by atoms with Crippen LogP contribution in [0.15, 0.2) is 0 Å². The smallest absolute Gasteiger partial charge is 0.0380 e. The van der Waals surface area contributed by atoms with E-state index in [1.54, 1.807) is 5.56 Å². The molecule has 1 N–H and O–H groups in total. The molecule has 140 valence electrons. The van der Waals surface area contributed by atoms with Crippen LogP contribution in [0.2, 0.25) is 0 Å². The summed E-state index contributed by atoms with van der Waals surface area (Å²) in [6.45, 7) is 20.9. The molecule has 1 aliphatic rings. The van der Waals surface area contributed by atoms with Crippen molar-refractivity contribution in [3.8, 4) is 0 Å². The van der Waals surface area contributed by atoms with Crippen LogP contribution < -0.4 is 5.32 Å². The molecule has 1 fully saturated rings. The second kappa shape index (κ2) is 10.0. The zero-order valence-electron chi connectivity index (χ0n) is 16.5. The number of halogens is 2. The molecule has 0 aliphatic carbocycles. The largest absolute Gasteiger partial charge is 0.314 e. The van der Waals surface area contributed by atoms with E-state index in [2.05, 4.69) is 58.7 Å². The number of hydrogen-bond acceptors (Lipinski definition) is 2. The highest BCUT2D eigenvalue weighted by Gasteiger charge is 2.30. The molecule has 0 aromatic heterocycles. The molecule has 1 aromatic rings. The standard InChI is InChI=1S/C20H34N2.2ClH/c1-8-13(2)20(22-11-9-21-10-12-22)19-17(6)15(4)14(3)16(5)18(19)7;;/h13,20-21H,8-12H2,1-7H3;2*1H/t13?,20-;;/m1../s1. The van der Waals surface area contributed by atoms with Crippen LogP contribution in [0, 0.1) is 40.5 Å². The third kappa shape index (κ3) is 4.46. The number of nitrogens with zero attached hydrogens (tertiary/aromatic N) is 1. The summed E-state index contributed by atoms with van der Waals surface area (Å²) in [6, 6.07) is 0.560. The molecule has 0 saturated carbocycles. The van der Waals surface area contributed by atoms with E-state index >= 15 is 0 Å². The first kappa shape index (κ1) is 23.7. The van der Waals surface area contributed by atoms with E-state index in [9.17, 15) is 0 Å². The van der Waals surface area contributed by atoms with E-state index < -0.39 is 0 Å². The second-order valence-corrected chi connectivity index (χ2v) is 7.16. The lowest BCUT2D eigenvalue weighted by atomic mass is 9.81.